The quantitative estimate of drug-likeness (QED) is 0.716. The number of aliphatic hydroxyl groups excluding tert-OH is 1. The van der Waals surface area contributed by atoms with Crippen molar-refractivity contribution in [1.29, 1.82) is 0 Å². The molecule has 5 nitrogen and oxygen atoms in total. The van der Waals surface area contributed by atoms with Gasteiger partial charge in [-0.05, 0) is 44.1 Å². The van der Waals surface area contributed by atoms with Crippen molar-refractivity contribution in [3.8, 4) is 0 Å². The fourth-order valence-corrected chi connectivity index (χ4v) is 3.95. The number of amides is 1. The van der Waals surface area contributed by atoms with Gasteiger partial charge >= 0.3 is 0 Å². The Balaban J connectivity index is 1.64. The summed E-state index contributed by atoms with van der Waals surface area (Å²) < 4.78 is 0. The minimum absolute atomic E-state index is 0.309. The first-order valence-corrected chi connectivity index (χ1v) is 9.42. The highest BCUT2D eigenvalue weighted by molar-refractivity contribution is 5.78. The SMILES string of the molecule is CC1CC(C)CN(C(=O)CN2CCN(CCCCCO)CC2)C1. The normalized spacial score (nSPS) is 27.3. The molecule has 23 heavy (non-hydrogen) atoms. The molecule has 0 bridgehead atoms. The number of unbranched alkanes of at least 4 members (excludes halogenated alkanes) is 2. The van der Waals surface area contributed by atoms with Gasteiger partial charge in [0.15, 0.2) is 0 Å². The summed E-state index contributed by atoms with van der Waals surface area (Å²) in [7, 11) is 0. The highest BCUT2D eigenvalue weighted by Gasteiger charge is 2.27. The number of likely N-dealkylation sites (tertiary alicyclic amines) is 1. The maximum atomic E-state index is 12.5. The second-order valence-electron chi connectivity index (χ2n) is 7.65. The van der Waals surface area contributed by atoms with Crippen LogP contribution in [0.3, 0.4) is 0 Å². The van der Waals surface area contributed by atoms with E-state index in [9.17, 15) is 4.79 Å². The van der Waals surface area contributed by atoms with Crippen molar-refractivity contribution in [2.24, 2.45) is 11.8 Å². The van der Waals surface area contributed by atoms with Crippen molar-refractivity contribution in [1.82, 2.24) is 14.7 Å². The van der Waals surface area contributed by atoms with E-state index in [0.717, 1.165) is 58.7 Å². The number of hydrogen-bond donors (Lipinski definition) is 1. The summed E-state index contributed by atoms with van der Waals surface area (Å²) in [6, 6.07) is 0. The molecule has 1 N–H and O–H groups in total. The van der Waals surface area contributed by atoms with E-state index in [1.807, 2.05) is 0 Å². The second-order valence-corrected chi connectivity index (χ2v) is 7.65. The van der Waals surface area contributed by atoms with Crippen LogP contribution in [0.4, 0.5) is 0 Å². The third kappa shape index (κ3) is 6.40. The van der Waals surface area contributed by atoms with Gasteiger partial charge in [0, 0.05) is 45.9 Å². The lowest BCUT2D eigenvalue weighted by Gasteiger charge is -2.38. The Hall–Kier alpha value is -0.650. The van der Waals surface area contributed by atoms with Gasteiger partial charge in [-0.25, -0.2) is 0 Å². The van der Waals surface area contributed by atoms with Crippen LogP contribution in [-0.2, 0) is 4.79 Å². The van der Waals surface area contributed by atoms with Crippen LogP contribution in [0.25, 0.3) is 0 Å². The van der Waals surface area contributed by atoms with Crippen molar-refractivity contribution >= 4 is 5.91 Å². The van der Waals surface area contributed by atoms with E-state index < -0.39 is 0 Å². The highest BCUT2D eigenvalue weighted by Crippen LogP contribution is 2.21. The molecule has 2 atom stereocenters. The first-order valence-electron chi connectivity index (χ1n) is 9.42. The molecule has 0 aliphatic carbocycles. The molecule has 2 heterocycles. The van der Waals surface area contributed by atoms with Gasteiger partial charge in [-0.2, -0.15) is 0 Å². The molecule has 2 fully saturated rings. The van der Waals surface area contributed by atoms with Gasteiger partial charge in [-0.15, -0.1) is 0 Å². The molecule has 2 aliphatic heterocycles. The fourth-order valence-electron chi connectivity index (χ4n) is 3.95. The molecule has 2 saturated heterocycles. The van der Waals surface area contributed by atoms with Crippen LogP contribution >= 0.6 is 0 Å². The Morgan fingerprint density at radius 2 is 1.57 bits per heavy atom. The second kappa shape index (κ2) is 9.60. The number of carbonyl (C=O) groups excluding carboxylic acids is 1. The van der Waals surface area contributed by atoms with Crippen LogP contribution in [0.5, 0.6) is 0 Å². The minimum atomic E-state index is 0.309. The summed E-state index contributed by atoms with van der Waals surface area (Å²) in [6.45, 7) is 12.6. The molecule has 2 rings (SSSR count). The summed E-state index contributed by atoms with van der Waals surface area (Å²) in [6.07, 6.45) is 4.45. The third-order valence-corrected chi connectivity index (χ3v) is 5.18. The van der Waals surface area contributed by atoms with Crippen LogP contribution in [0.1, 0.15) is 39.5 Å². The monoisotopic (exact) mass is 325 g/mol. The van der Waals surface area contributed by atoms with Gasteiger partial charge in [0.25, 0.3) is 0 Å². The third-order valence-electron chi connectivity index (χ3n) is 5.18. The average Bonchev–Trinajstić information content (AvgIpc) is 2.52. The maximum absolute atomic E-state index is 12.5. The lowest BCUT2D eigenvalue weighted by atomic mass is 9.92. The van der Waals surface area contributed by atoms with Gasteiger partial charge in [0.1, 0.15) is 0 Å². The molecule has 0 radical (unpaired) electrons. The van der Waals surface area contributed by atoms with Crippen molar-refractivity contribution in [3.05, 3.63) is 0 Å². The van der Waals surface area contributed by atoms with E-state index in [-0.39, 0.29) is 0 Å². The van der Waals surface area contributed by atoms with Gasteiger partial charge in [0.05, 0.1) is 6.54 Å². The van der Waals surface area contributed by atoms with Crippen LogP contribution in [0, 0.1) is 11.8 Å². The summed E-state index contributed by atoms with van der Waals surface area (Å²) in [4.78, 5) is 19.4. The number of piperazine rings is 1. The van der Waals surface area contributed by atoms with E-state index in [2.05, 4.69) is 28.5 Å². The fraction of sp³-hybridized carbons (Fsp3) is 0.944. The average molecular weight is 325 g/mol. The van der Waals surface area contributed by atoms with E-state index >= 15 is 0 Å². The number of rotatable bonds is 7. The van der Waals surface area contributed by atoms with Gasteiger partial charge in [-0.1, -0.05) is 13.8 Å². The van der Waals surface area contributed by atoms with E-state index in [0.29, 0.717) is 30.9 Å². The molecule has 2 aliphatic rings. The molecular weight excluding hydrogens is 290 g/mol. The van der Waals surface area contributed by atoms with Crippen molar-refractivity contribution < 1.29 is 9.90 Å². The molecule has 0 aromatic rings. The summed E-state index contributed by atoms with van der Waals surface area (Å²) in [5, 5.41) is 8.81. The molecule has 2 unspecified atom stereocenters. The minimum Gasteiger partial charge on any atom is -0.396 e. The number of piperidine rings is 1. The standard InChI is InChI=1S/C18H35N3O2/c1-16-12-17(2)14-21(13-16)18(23)15-20-9-7-19(8-10-20)6-4-3-5-11-22/h16-17,22H,3-15H2,1-2H3. The Bertz CT molecular complexity index is 346. The highest BCUT2D eigenvalue weighted by atomic mass is 16.2. The van der Waals surface area contributed by atoms with Crippen LogP contribution in [0.2, 0.25) is 0 Å². The Morgan fingerprint density at radius 1 is 0.957 bits per heavy atom. The first-order chi connectivity index (χ1) is 11.1. The predicted molar refractivity (Wildman–Crippen MR) is 93.3 cm³/mol. The lowest BCUT2D eigenvalue weighted by Crippen LogP contribution is -2.52. The summed E-state index contributed by atoms with van der Waals surface area (Å²) in [5.74, 6) is 1.59. The zero-order valence-corrected chi connectivity index (χ0v) is 15.0. The molecular formula is C18H35N3O2. The maximum Gasteiger partial charge on any atom is 0.236 e. The lowest BCUT2D eigenvalue weighted by molar-refractivity contribution is -0.135. The molecule has 0 spiro atoms. The molecule has 0 saturated carbocycles. The summed E-state index contributed by atoms with van der Waals surface area (Å²) in [5.41, 5.74) is 0. The number of aliphatic hydroxyl groups is 1. The molecule has 1 amide bonds. The van der Waals surface area contributed by atoms with Crippen LogP contribution in [0.15, 0.2) is 0 Å². The van der Waals surface area contributed by atoms with E-state index in [1.165, 1.54) is 12.8 Å². The Labute approximate surface area is 141 Å². The molecule has 0 aromatic carbocycles. The molecule has 5 heteroatoms. The van der Waals surface area contributed by atoms with Crippen LogP contribution < -0.4 is 0 Å². The molecule has 134 valence electrons. The van der Waals surface area contributed by atoms with E-state index in [1.54, 1.807) is 0 Å². The Morgan fingerprint density at radius 3 is 2.17 bits per heavy atom. The smallest absolute Gasteiger partial charge is 0.236 e. The van der Waals surface area contributed by atoms with E-state index in [4.69, 9.17) is 5.11 Å². The van der Waals surface area contributed by atoms with Gasteiger partial charge in [-0.3, -0.25) is 9.69 Å². The van der Waals surface area contributed by atoms with Crippen molar-refractivity contribution in [2.45, 2.75) is 39.5 Å². The van der Waals surface area contributed by atoms with Gasteiger partial charge < -0.3 is 14.9 Å². The summed E-state index contributed by atoms with van der Waals surface area (Å²) >= 11 is 0. The number of carbonyl (C=O) groups is 1. The largest absolute Gasteiger partial charge is 0.396 e. The van der Waals surface area contributed by atoms with Crippen molar-refractivity contribution in [2.75, 3.05) is 59.0 Å². The predicted octanol–water partition coefficient (Wildman–Crippen LogP) is 1.27. The zero-order valence-electron chi connectivity index (χ0n) is 15.0. The van der Waals surface area contributed by atoms with Crippen LogP contribution in [-0.4, -0.2) is 84.7 Å². The number of nitrogens with zero attached hydrogens (tertiary/aromatic N) is 3. The Kier molecular flexibility index (Phi) is 7.80. The first kappa shape index (κ1) is 18.7. The van der Waals surface area contributed by atoms with Crippen molar-refractivity contribution in [3.63, 3.8) is 0 Å². The number of hydrogen-bond acceptors (Lipinski definition) is 4. The molecule has 0 aromatic heterocycles. The topological polar surface area (TPSA) is 47.0 Å². The van der Waals surface area contributed by atoms with Gasteiger partial charge in [0.2, 0.25) is 5.91 Å². The zero-order chi connectivity index (χ0) is 16.7.